The molecule has 0 unspecified atom stereocenters. The second-order valence-corrected chi connectivity index (χ2v) is 5.17. The van der Waals surface area contributed by atoms with E-state index in [1.54, 1.807) is 6.20 Å². The van der Waals surface area contributed by atoms with Gasteiger partial charge >= 0.3 is 0 Å². The highest BCUT2D eigenvalue weighted by Crippen LogP contribution is 2.17. The smallest absolute Gasteiger partial charge is 0.242 e. The first-order valence-electron chi connectivity index (χ1n) is 7.18. The Labute approximate surface area is 120 Å². The first kappa shape index (κ1) is 14.6. The minimum Gasteiger partial charge on any atom is -0.354 e. The fourth-order valence-electron chi connectivity index (χ4n) is 2.41. The van der Waals surface area contributed by atoms with Crippen molar-refractivity contribution >= 4 is 17.7 Å². The third-order valence-corrected chi connectivity index (χ3v) is 3.47. The molecule has 20 heavy (non-hydrogen) atoms. The number of nitrogens with zero attached hydrogens (tertiary/aromatic N) is 4. The Morgan fingerprint density at radius 3 is 2.80 bits per heavy atom. The molecule has 1 aliphatic rings. The second kappa shape index (κ2) is 6.54. The predicted molar refractivity (Wildman–Crippen MR) is 80.0 cm³/mol. The number of carbonyl (C=O) groups is 1. The van der Waals surface area contributed by atoms with Crippen LogP contribution in [0.2, 0.25) is 0 Å². The molecule has 110 valence electrons. The number of nitrogens with one attached hydrogen (secondary N) is 1. The monoisotopic (exact) mass is 277 g/mol. The van der Waals surface area contributed by atoms with Gasteiger partial charge in [0.25, 0.3) is 0 Å². The Bertz CT molecular complexity index is 471. The summed E-state index contributed by atoms with van der Waals surface area (Å²) in [5.74, 6) is 1.59. The molecule has 1 aromatic rings. The van der Waals surface area contributed by atoms with E-state index in [0.717, 1.165) is 43.9 Å². The number of likely N-dealkylation sites (tertiary alicyclic amines) is 1. The molecule has 1 amide bonds. The van der Waals surface area contributed by atoms with Crippen molar-refractivity contribution in [3.63, 3.8) is 0 Å². The summed E-state index contributed by atoms with van der Waals surface area (Å²) in [6.07, 6.45) is 4.02. The van der Waals surface area contributed by atoms with Gasteiger partial charge in [-0.2, -0.15) is 4.98 Å². The highest BCUT2D eigenvalue weighted by Gasteiger charge is 2.20. The maximum atomic E-state index is 12.2. The van der Waals surface area contributed by atoms with E-state index in [1.165, 1.54) is 0 Å². The van der Waals surface area contributed by atoms with Gasteiger partial charge in [-0.3, -0.25) is 4.79 Å². The van der Waals surface area contributed by atoms with Crippen LogP contribution in [0.15, 0.2) is 6.20 Å². The van der Waals surface area contributed by atoms with E-state index in [0.29, 0.717) is 12.5 Å². The van der Waals surface area contributed by atoms with Crippen molar-refractivity contribution in [3.05, 3.63) is 11.8 Å². The topological polar surface area (TPSA) is 61.4 Å². The van der Waals surface area contributed by atoms with E-state index in [1.807, 2.05) is 30.7 Å². The molecule has 0 atom stereocenters. The van der Waals surface area contributed by atoms with Crippen LogP contribution in [0.4, 0.5) is 11.8 Å². The van der Waals surface area contributed by atoms with Crippen LogP contribution in [-0.4, -0.2) is 54.0 Å². The van der Waals surface area contributed by atoms with Crippen molar-refractivity contribution in [1.82, 2.24) is 14.9 Å². The van der Waals surface area contributed by atoms with Crippen LogP contribution in [-0.2, 0) is 4.79 Å². The Hall–Kier alpha value is -1.85. The summed E-state index contributed by atoms with van der Waals surface area (Å²) in [5.41, 5.74) is 0.975. The lowest BCUT2D eigenvalue weighted by atomic mass is 10.3. The van der Waals surface area contributed by atoms with Gasteiger partial charge in [0.1, 0.15) is 5.82 Å². The minimum atomic E-state index is 0.174. The van der Waals surface area contributed by atoms with Crippen LogP contribution in [0, 0.1) is 6.92 Å². The maximum Gasteiger partial charge on any atom is 0.242 e. The quantitative estimate of drug-likeness (QED) is 0.878. The number of aromatic nitrogens is 2. The molecule has 0 bridgehead atoms. The SMILES string of the molecule is CCNc1ncc(C)c(N(C)CC(=O)N2CCCC2)n1. The number of hydrogen-bond acceptors (Lipinski definition) is 5. The Morgan fingerprint density at radius 1 is 1.45 bits per heavy atom. The van der Waals surface area contributed by atoms with E-state index < -0.39 is 0 Å². The van der Waals surface area contributed by atoms with Crippen LogP contribution >= 0.6 is 0 Å². The van der Waals surface area contributed by atoms with Gasteiger partial charge in [0, 0.05) is 38.4 Å². The lowest BCUT2D eigenvalue weighted by Crippen LogP contribution is -2.37. The molecule has 0 saturated carbocycles. The molecule has 0 aliphatic carbocycles. The predicted octanol–water partition coefficient (Wildman–Crippen LogP) is 1.28. The Kier molecular flexibility index (Phi) is 4.76. The van der Waals surface area contributed by atoms with Crippen molar-refractivity contribution in [3.8, 4) is 0 Å². The number of anilines is 2. The fraction of sp³-hybridized carbons (Fsp3) is 0.643. The van der Waals surface area contributed by atoms with Crippen LogP contribution in [0.5, 0.6) is 0 Å². The van der Waals surface area contributed by atoms with E-state index in [4.69, 9.17) is 0 Å². The van der Waals surface area contributed by atoms with Gasteiger partial charge in [-0.15, -0.1) is 0 Å². The van der Waals surface area contributed by atoms with Crippen LogP contribution < -0.4 is 10.2 Å². The standard InChI is InChI=1S/C14H23N5O/c1-4-15-14-16-9-11(2)13(17-14)18(3)10-12(20)19-7-5-6-8-19/h9H,4-8,10H2,1-3H3,(H,15,16,17). The summed E-state index contributed by atoms with van der Waals surface area (Å²) >= 11 is 0. The minimum absolute atomic E-state index is 0.174. The summed E-state index contributed by atoms with van der Waals surface area (Å²) in [5, 5.41) is 3.09. The number of aryl methyl sites for hydroxylation is 1. The van der Waals surface area contributed by atoms with E-state index in [-0.39, 0.29) is 5.91 Å². The summed E-state index contributed by atoms with van der Waals surface area (Å²) in [6, 6.07) is 0. The fourth-order valence-corrected chi connectivity index (χ4v) is 2.41. The largest absolute Gasteiger partial charge is 0.354 e. The number of amides is 1. The number of hydrogen-bond donors (Lipinski definition) is 1. The molecule has 6 heteroatoms. The van der Waals surface area contributed by atoms with Gasteiger partial charge < -0.3 is 15.1 Å². The highest BCUT2D eigenvalue weighted by atomic mass is 16.2. The summed E-state index contributed by atoms with van der Waals surface area (Å²) in [6.45, 7) is 6.88. The third kappa shape index (κ3) is 3.37. The first-order chi connectivity index (χ1) is 9.61. The molecule has 1 aromatic heterocycles. The molecular formula is C14H23N5O. The Morgan fingerprint density at radius 2 is 2.15 bits per heavy atom. The zero-order chi connectivity index (χ0) is 14.5. The summed E-state index contributed by atoms with van der Waals surface area (Å²) < 4.78 is 0. The number of rotatable bonds is 5. The van der Waals surface area contributed by atoms with Crippen LogP contribution in [0.25, 0.3) is 0 Å². The molecule has 2 heterocycles. The zero-order valence-electron chi connectivity index (χ0n) is 12.5. The molecule has 0 spiro atoms. The van der Waals surface area contributed by atoms with Gasteiger partial charge in [-0.1, -0.05) is 0 Å². The zero-order valence-corrected chi connectivity index (χ0v) is 12.5. The second-order valence-electron chi connectivity index (χ2n) is 5.17. The average Bonchev–Trinajstić information content (AvgIpc) is 2.95. The van der Waals surface area contributed by atoms with Crippen molar-refractivity contribution < 1.29 is 4.79 Å². The normalized spacial score (nSPS) is 14.4. The van der Waals surface area contributed by atoms with Gasteiger partial charge in [0.05, 0.1) is 6.54 Å². The lowest BCUT2D eigenvalue weighted by Gasteiger charge is -2.23. The van der Waals surface area contributed by atoms with Crippen molar-refractivity contribution in [2.45, 2.75) is 26.7 Å². The lowest BCUT2D eigenvalue weighted by molar-refractivity contribution is -0.128. The van der Waals surface area contributed by atoms with Crippen molar-refractivity contribution in [1.29, 1.82) is 0 Å². The van der Waals surface area contributed by atoms with Crippen molar-refractivity contribution in [2.24, 2.45) is 0 Å². The molecule has 1 fully saturated rings. The van der Waals surface area contributed by atoms with Gasteiger partial charge in [-0.05, 0) is 26.7 Å². The maximum absolute atomic E-state index is 12.2. The highest BCUT2D eigenvalue weighted by molar-refractivity contribution is 5.81. The first-order valence-corrected chi connectivity index (χ1v) is 7.18. The third-order valence-electron chi connectivity index (χ3n) is 3.47. The molecule has 1 saturated heterocycles. The van der Waals surface area contributed by atoms with Crippen molar-refractivity contribution in [2.75, 3.05) is 43.4 Å². The number of likely N-dealkylation sites (N-methyl/N-ethyl adjacent to an activating group) is 1. The van der Waals surface area contributed by atoms with Crippen LogP contribution in [0.1, 0.15) is 25.3 Å². The summed E-state index contributed by atoms with van der Waals surface area (Å²) in [7, 11) is 1.90. The van der Waals surface area contributed by atoms with Gasteiger partial charge in [0.2, 0.25) is 11.9 Å². The van der Waals surface area contributed by atoms with Gasteiger partial charge in [-0.25, -0.2) is 4.98 Å². The number of carbonyl (C=O) groups excluding carboxylic acids is 1. The van der Waals surface area contributed by atoms with E-state index in [9.17, 15) is 4.79 Å². The van der Waals surface area contributed by atoms with Gasteiger partial charge in [0.15, 0.2) is 0 Å². The summed E-state index contributed by atoms with van der Waals surface area (Å²) in [4.78, 5) is 24.7. The molecule has 1 N–H and O–H groups in total. The molecule has 6 nitrogen and oxygen atoms in total. The van der Waals surface area contributed by atoms with E-state index in [2.05, 4.69) is 15.3 Å². The molecule has 1 aliphatic heterocycles. The van der Waals surface area contributed by atoms with E-state index >= 15 is 0 Å². The van der Waals surface area contributed by atoms with Crippen LogP contribution in [0.3, 0.4) is 0 Å². The average molecular weight is 277 g/mol. The molecule has 2 rings (SSSR count). The molecular weight excluding hydrogens is 254 g/mol. The Balaban J connectivity index is 2.05. The molecule has 0 aromatic carbocycles. The molecule has 0 radical (unpaired) electrons.